The van der Waals surface area contributed by atoms with Crippen molar-refractivity contribution in [2.24, 2.45) is 0 Å². The van der Waals surface area contributed by atoms with E-state index in [1.54, 1.807) is 24.3 Å². The molecule has 4 rings (SSSR count). The number of benzene rings is 3. The Balaban J connectivity index is 1.85. The Kier molecular flexibility index (Phi) is 3.82. The molecule has 0 saturated heterocycles. The minimum Gasteiger partial charge on any atom is -0.507 e. The first-order valence-corrected chi connectivity index (χ1v) is 8.16. The Hall–Kier alpha value is -4.20. The number of aromatic hydroxyl groups is 2. The topological polar surface area (TPSA) is 130 Å². The number of phenolic OH excluding ortho intramolecular Hbond substituents is 2. The van der Waals surface area contributed by atoms with E-state index in [1.165, 1.54) is 12.1 Å². The molecule has 0 aliphatic heterocycles. The number of carbonyl (C=O) groups is 2. The third-order valence-electron chi connectivity index (χ3n) is 4.45. The Bertz CT molecular complexity index is 1170. The van der Waals surface area contributed by atoms with Crippen molar-refractivity contribution in [3.05, 3.63) is 87.0 Å². The molecular formula is C20H12N2O6. The normalized spacial score (nSPS) is 12.3. The molecule has 0 bridgehead atoms. The first-order chi connectivity index (χ1) is 13.4. The molecule has 3 aromatic carbocycles. The number of ketones is 2. The molecule has 138 valence electrons. The zero-order chi connectivity index (χ0) is 20.0. The van der Waals surface area contributed by atoms with Gasteiger partial charge in [0.1, 0.15) is 5.75 Å². The van der Waals surface area contributed by atoms with Gasteiger partial charge in [0.2, 0.25) is 0 Å². The number of phenols is 2. The molecule has 0 unspecified atom stereocenters. The fraction of sp³-hybridized carbons (Fsp3) is 0. The standard InChI is InChI=1S/C20H12N2O6/c23-16-9-13-12(8-15(16)22(27)28)20(26)18-14(19(13)25)6-11(7-17(18)24)21-10-4-2-1-3-5-10/h1-9,21,23-24H. The summed E-state index contributed by atoms with van der Waals surface area (Å²) in [6, 6.07) is 13.5. The summed E-state index contributed by atoms with van der Waals surface area (Å²) in [5.74, 6) is -2.48. The Morgan fingerprint density at radius 2 is 1.46 bits per heavy atom. The van der Waals surface area contributed by atoms with Gasteiger partial charge in [-0.3, -0.25) is 19.7 Å². The van der Waals surface area contributed by atoms with Gasteiger partial charge in [0.15, 0.2) is 17.3 Å². The van der Waals surface area contributed by atoms with Crippen molar-refractivity contribution in [1.29, 1.82) is 0 Å². The number of rotatable bonds is 3. The number of fused-ring (bicyclic) bond motifs is 2. The highest BCUT2D eigenvalue weighted by Crippen LogP contribution is 2.39. The number of nitro benzene ring substituents is 1. The molecule has 0 radical (unpaired) electrons. The maximum absolute atomic E-state index is 12.9. The van der Waals surface area contributed by atoms with Crippen molar-refractivity contribution in [2.75, 3.05) is 5.32 Å². The van der Waals surface area contributed by atoms with Crippen molar-refractivity contribution in [3.63, 3.8) is 0 Å². The van der Waals surface area contributed by atoms with Gasteiger partial charge in [-0.05, 0) is 24.3 Å². The van der Waals surface area contributed by atoms with Crippen LogP contribution in [0.3, 0.4) is 0 Å². The van der Waals surface area contributed by atoms with E-state index < -0.39 is 33.7 Å². The summed E-state index contributed by atoms with van der Waals surface area (Å²) in [7, 11) is 0. The third-order valence-corrected chi connectivity index (χ3v) is 4.45. The molecule has 8 heteroatoms. The van der Waals surface area contributed by atoms with Gasteiger partial charge in [-0.25, -0.2) is 0 Å². The zero-order valence-electron chi connectivity index (χ0n) is 14.2. The van der Waals surface area contributed by atoms with Crippen LogP contribution in [0.25, 0.3) is 0 Å². The molecule has 0 saturated carbocycles. The van der Waals surface area contributed by atoms with Gasteiger partial charge >= 0.3 is 5.69 Å². The number of anilines is 2. The quantitative estimate of drug-likeness (QED) is 0.368. The number of hydrogen-bond acceptors (Lipinski definition) is 7. The van der Waals surface area contributed by atoms with Crippen molar-refractivity contribution in [2.45, 2.75) is 0 Å². The molecule has 8 nitrogen and oxygen atoms in total. The summed E-state index contributed by atoms with van der Waals surface area (Å²) < 4.78 is 0. The number of nitro groups is 1. The summed E-state index contributed by atoms with van der Waals surface area (Å²) in [4.78, 5) is 35.8. The van der Waals surface area contributed by atoms with E-state index in [4.69, 9.17) is 0 Å². The Morgan fingerprint density at radius 3 is 2.14 bits per heavy atom. The van der Waals surface area contributed by atoms with Gasteiger partial charge < -0.3 is 15.5 Å². The third kappa shape index (κ3) is 2.64. The van der Waals surface area contributed by atoms with Crippen LogP contribution in [0.2, 0.25) is 0 Å². The fourth-order valence-corrected chi connectivity index (χ4v) is 3.18. The molecule has 28 heavy (non-hydrogen) atoms. The lowest BCUT2D eigenvalue weighted by atomic mass is 9.83. The largest absolute Gasteiger partial charge is 0.507 e. The van der Waals surface area contributed by atoms with E-state index in [1.807, 2.05) is 6.07 Å². The van der Waals surface area contributed by atoms with Crippen LogP contribution in [0.1, 0.15) is 31.8 Å². The minimum atomic E-state index is -0.852. The molecule has 0 aromatic heterocycles. The predicted octanol–water partition coefficient (Wildman–Crippen LogP) is 3.53. The highest BCUT2D eigenvalue weighted by atomic mass is 16.6. The average molecular weight is 376 g/mol. The highest BCUT2D eigenvalue weighted by Gasteiger charge is 2.35. The van der Waals surface area contributed by atoms with Crippen LogP contribution in [0.5, 0.6) is 11.5 Å². The van der Waals surface area contributed by atoms with Crippen LogP contribution >= 0.6 is 0 Å². The maximum Gasteiger partial charge on any atom is 0.311 e. The van der Waals surface area contributed by atoms with Gasteiger partial charge in [-0.15, -0.1) is 0 Å². The molecular weight excluding hydrogens is 364 g/mol. The van der Waals surface area contributed by atoms with E-state index in [-0.39, 0.29) is 22.3 Å². The molecule has 0 amide bonds. The lowest BCUT2D eigenvalue weighted by Crippen LogP contribution is -2.21. The van der Waals surface area contributed by atoms with E-state index >= 15 is 0 Å². The van der Waals surface area contributed by atoms with Crippen LogP contribution in [-0.2, 0) is 0 Å². The summed E-state index contributed by atoms with van der Waals surface area (Å²) in [6.07, 6.45) is 0. The van der Waals surface area contributed by atoms with E-state index in [0.29, 0.717) is 11.4 Å². The predicted molar refractivity (Wildman–Crippen MR) is 99.5 cm³/mol. The first kappa shape index (κ1) is 17.2. The zero-order valence-corrected chi connectivity index (χ0v) is 14.2. The molecule has 0 heterocycles. The van der Waals surface area contributed by atoms with Gasteiger partial charge in [0.25, 0.3) is 0 Å². The van der Waals surface area contributed by atoms with Crippen molar-refractivity contribution >= 4 is 28.6 Å². The summed E-state index contributed by atoms with van der Waals surface area (Å²) in [5.41, 5.74) is -0.258. The van der Waals surface area contributed by atoms with Gasteiger partial charge in [-0.1, -0.05) is 18.2 Å². The van der Waals surface area contributed by atoms with Crippen LogP contribution < -0.4 is 5.32 Å². The number of hydrogen-bond donors (Lipinski definition) is 3. The van der Waals surface area contributed by atoms with E-state index in [0.717, 1.165) is 12.1 Å². The Labute approximate surface area is 157 Å². The van der Waals surface area contributed by atoms with Crippen LogP contribution in [0.15, 0.2) is 54.6 Å². The molecule has 3 N–H and O–H groups in total. The van der Waals surface area contributed by atoms with Gasteiger partial charge in [-0.2, -0.15) is 0 Å². The second kappa shape index (κ2) is 6.20. The monoisotopic (exact) mass is 376 g/mol. The average Bonchev–Trinajstić information content (AvgIpc) is 2.66. The van der Waals surface area contributed by atoms with Crippen molar-refractivity contribution < 1.29 is 24.7 Å². The molecule has 0 spiro atoms. The van der Waals surface area contributed by atoms with E-state index in [2.05, 4.69) is 5.32 Å². The van der Waals surface area contributed by atoms with Gasteiger partial charge in [0, 0.05) is 40.2 Å². The van der Waals surface area contributed by atoms with Crippen LogP contribution in [-0.4, -0.2) is 26.7 Å². The molecule has 3 aromatic rings. The van der Waals surface area contributed by atoms with E-state index in [9.17, 15) is 29.9 Å². The SMILES string of the molecule is O=C1c2cc(O)c([N+](=O)[O-])cc2C(=O)c2c(O)cc(Nc3ccccc3)cc21. The molecule has 1 aliphatic rings. The van der Waals surface area contributed by atoms with Crippen molar-refractivity contribution in [3.8, 4) is 11.5 Å². The first-order valence-electron chi connectivity index (χ1n) is 8.16. The van der Waals surface area contributed by atoms with Gasteiger partial charge in [0.05, 0.1) is 10.5 Å². The summed E-state index contributed by atoms with van der Waals surface area (Å²) in [5, 5.41) is 34.2. The smallest absolute Gasteiger partial charge is 0.311 e. The Morgan fingerprint density at radius 1 is 0.786 bits per heavy atom. The summed E-state index contributed by atoms with van der Waals surface area (Å²) >= 11 is 0. The molecule has 0 fully saturated rings. The number of nitrogens with zero attached hydrogens (tertiary/aromatic N) is 1. The van der Waals surface area contributed by atoms with Crippen LogP contribution in [0.4, 0.5) is 17.1 Å². The highest BCUT2D eigenvalue weighted by molar-refractivity contribution is 6.30. The second-order valence-electron chi connectivity index (χ2n) is 6.21. The fourth-order valence-electron chi connectivity index (χ4n) is 3.18. The van der Waals surface area contributed by atoms with Crippen LogP contribution in [0, 0.1) is 10.1 Å². The number of para-hydroxylation sites is 1. The number of nitrogens with one attached hydrogen (secondary N) is 1. The second-order valence-corrected chi connectivity index (χ2v) is 6.21. The molecule has 0 atom stereocenters. The number of carbonyl (C=O) groups excluding carboxylic acids is 2. The summed E-state index contributed by atoms with van der Waals surface area (Å²) in [6.45, 7) is 0. The molecule has 1 aliphatic carbocycles. The maximum atomic E-state index is 12.9. The minimum absolute atomic E-state index is 0.0517. The van der Waals surface area contributed by atoms with Crippen molar-refractivity contribution in [1.82, 2.24) is 0 Å². The lowest BCUT2D eigenvalue weighted by Gasteiger charge is -2.20. The lowest BCUT2D eigenvalue weighted by molar-refractivity contribution is -0.385.